The summed E-state index contributed by atoms with van der Waals surface area (Å²) in [5.74, 6) is 0.379. The first kappa shape index (κ1) is 20.4. The first-order valence-electron chi connectivity index (χ1n) is 9.74. The Morgan fingerprint density at radius 2 is 2.04 bits per heavy atom. The fraction of sp³-hybridized carbons (Fsp3) is 0.524. The Kier molecular flexibility index (Phi) is 6.70. The second kappa shape index (κ2) is 9.21. The van der Waals surface area contributed by atoms with Gasteiger partial charge < -0.3 is 19.2 Å². The zero-order valence-electron chi connectivity index (χ0n) is 16.7. The van der Waals surface area contributed by atoms with E-state index in [0.29, 0.717) is 23.4 Å². The molecule has 1 aliphatic heterocycles. The Labute approximate surface area is 164 Å². The van der Waals surface area contributed by atoms with E-state index in [9.17, 15) is 9.59 Å². The summed E-state index contributed by atoms with van der Waals surface area (Å²) in [6.45, 7) is 10.4. The van der Waals surface area contributed by atoms with E-state index < -0.39 is 11.7 Å². The number of carbonyl (C=O) groups is 1. The smallest absolute Gasteiger partial charge is 0.336 e. The van der Waals surface area contributed by atoms with Gasteiger partial charge in [0.15, 0.2) is 6.10 Å². The number of ether oxygens (including phenoxy) is 2. The number of carbonyl (C=O) groups excluding carboxylic acids is 1. The van der Waals surface area contributed by atoms with E-state index in [1.807, 2.05) is 26.0 Å². The number of rotatable bonds is 7. The maximum absolute atomic E-state index is 12.3. The fourth-order valence-corrected chi connectivity index (χ4v) is 3.35. The zero-order valence-corrected chi connectivity index (χ0v) is 16.7. The molecule has 0 spiro atoms. The average molecular weight is 388 g/mol. The first-order chi connectivity index (χ1) is 13.5. The molecule has 1 atom stereocenters. The van der Waals surface area contributed by atoms with Gasteiger partial charge in [-0.25, -0.2) is 4.79 Å². The number of hydrogen-bond acceptors (Lipinski definition) is 6. The van der Waals surface area contributed by atoms with E-state index in [4.69, 9.17) is 13.9 Å². The van der Waals surface area contributed by atoms with Gasteiger partial charge in [0, 0.05) is 36.7 Å². The molecule has 2 heterocycles. The van der Waals surface area contributed by atoms with E-state index in [1.54, 1.807) is 6.92 Å². The molecule has 0 aliphatic carbocycles. The minimum Gasteiger partial charge on any atom is -0.480 e. The van der Waals surface area contributed by atoms with Gasteiger partial charge in [-0.3, -0.25) is 9.69 Å². The summed E-state index contributed by atoms with van der Waals surface area (Å²) < 4.78 is 16.5. The molecule has 1 N–H and O–H groups in total. The van der Waals surface area contributed by atoms with Crippen molar-refractivity contribution in [1.82, 2.24) is 10.2 Å². The lowest BCUT2D eigenvalue weighted by Crippen LogP contribution is -2.40. The van der Waals surface area contributed by atoms with Crippen molar-refractivity contribution in [3.63, 3.8) is 0 Å². The summed E-state index contributed by atoms with van der Waals surface area (Å²) in [5.41, 5.74) is 1.68. The summed E-state index contributed by atoms with van der Waals surface area (Å²) in [6.07, 6.45) is 0.244. The normalized spacial score (nSPS) is 16.1. The van der Waals surface area contributed by atoms with Crippen molar-refractivity contribution in [1.29, 1.82) is 0 Å². The molecular formula is C21H28N2O5. The number of hydrogen-bond donors (Lipinski definition) is 1. The summed E-state index contributed by atoms with van der Waals surface area (Å²) >= 11 is 0. The largest absolute Gasteiger partial charge is 0.480 e. The Balaban J connectivity index is 1.54. The van der Waals surface area contributed by atoms with E-state index >= 15 is 0 Å². The maximum atomic E-state index is 12.3. The molecule has 7 heteroatoms. The van der Waals surface area contributed by atoms with Gasteiger partial charge >= 0.3 is 5.63 Å². The lowest BCUT2D eigenvalue weighted by molar-refractivity contribution is -0.127. The zero-order chi connectivity index (χ0) is 20.1. The van der Waals surface area contributed by atoms with Crippen LogP contribution in [-0.4, -0.2) is 56.3 Å². The van der Waals surface area contributed by atoms with Crippen LogP contribution in [0.2, 0.25) is 0 Å². The van der Waals surface area contributed by atoms with Crippen molar-refractivity contribution in [3.8, 4) is 5.75 Å². The number of amides is 1. The van der Waals surface area contributed by atoms with Crippen LogP contribution in [-0.2, 0) is 9.53 Å². The minimum atomic E-state index is -0.643. The van der Waals surface area contributed by atoms with E-state index in [0.717, 1.165) is 50.2 Å². The van der Waals surface area contributed by atoms with Crippen LogP contribution in [0.4, 0.5) is 0 Å². The van der Waals surface area contributed by atoms with Crippen LogP contribution >= 0.6 is 0 Å². The number of morpholine rings is 1. The third-order valence-corrected chi connectivity index (χ3v) is 5.05. The molecule has 1 amide bonds. The van der Waals surface area contributed by atoms with Crippen LogP contribution in [0.3, 0.4) is 0 Å². The molecule has 1 fully saturated rings. The van der Waals surface area contributed by atoms with Gasteiger partial charge in [-0.15, -0.1) is 0 Å². The van der Waals surface area contributed by atoms with Crippen molar-refractivity contribution >= 4 is 16.9 Å². The van der Waals surface area contributed by atoms with Crippen LogP contribution in [0.1, 0.15) is 24.5 Å². The molecule has 7 nitrogen and oxygen atoms in total. The SMILES string of the molecule is Cc1cc(=O)oc2c(C)c(O[C@@H](C)C(=O)NCCCN3CCOCC3)ccc12. The molecule has 2 aromatic rings. The molecule has 3 rings (SSSR count). The second-order valence-corrected chi connectivity index (χ2v) is 7.17. The summed E-state index contributed by atoms with van der Waals surface area (Å²) in [7, 11) is 0. The van der Waals surface area contributed by atoms with E-state index in [-0.39, 0.29) is 5.91 Å². The molecule has 1 aromatic heterocycles. The summed E-state index contributed by atoms with van der Waals surface area (Å²) in [5, 5.41) is 3.79. The van der Waals surface area contributed by atoms with Crippen molar-refractivity contribution in [2.24, 2.45) is 0 Å². The Bertz CT molecular complexity index is 886. The van der Waals surface area contributed by atoms with Gasteiger partial charge in [-0.05, 0) is 51.4 Å². The molecule has 152 valence electrons. The van der Waals surface area contributed by atoms with E-state index in [2.05, 4.69) is 10.2 Å². The van der Waals surface area contributed by atoms with Crippen molar-refractivity contribution in [2.45, 2.75) is 33.3 Å². The number of aryl methyl sites for hydroxylation is 2. The van der Waals surface area contributed by atoms with Crippen LogP contribution in [0.15, 0.2) is 27.4 Å². The van der Waals surface area contributed by atoms with Gasteiger partial charge in [-0.1, -0.05) is 0 Å². The Morgan fingerprint density at radius 3 is 2.79 bits per heavy atom. The lowest BCUT2D eigenvalue weighted by atomic mass is 10.1. The average Bonchev–Trinajstić information content (AvgIpc) is 2.68. The highest BCUT2D eigenvalue weighted by Gasteiger charge is 2.18. The quantitative estimate of drug-likeness (QED) is 0.577. The number of fused-ring (bicyclic) bond motifs is 1. The van der Waals surface area contributed by atoms with Crippen LogP contribution in [0.25, 0.3) is 11.0 Å². The van der Waals surface area contributed by atoms with Crippen LogP contribution < -0.4 is 15.7 Å². The van der Waals surface area contributed by atoms with Crippen LogP contribution in [0.5, 0.6) is 5.75 Å². The van der Waals surface area contributed by atoms with Crippen molar-refractivity contribution in [2.75, 3.05) is 39.4 Å². The highest BCUT2D eigenvalue weighted by molar-refractivity contribution is 5.85. The first-order valence-corrected chi connectivity index (χ1v) is 9.74. The minimum absolute atomic E-state index is 0.160. The third-order valence-electron chi connectivity index (χ3n) is 5.05. The molecule has 28 heavy (non-hydrogen) atoms. The lowest BCUT2D eigenvalue weighted by Gasteiger charge is -2.26. The third kappa shape index (κ3) is 4.91. The highest BCUT2D eigenvalue weighted by atomic mass is 16.5. The van der Waals surface area contributed by atoms with Gasteiger partial charge in [-0.2, -0.15) is 0 Å². The number of nitrogens with zero attached hydrogens (tertiary/aromatic N) is 1. The summed E-state index contributed by atoms with van der Waals surface area (Å²) in [4.78, 5) is 26.4. The van der Waals surface area contributed by atoms with Crippen molar-refractivity contribution in [3.05, 3.63) is 39.7 Å². The Morgan fingerprint density at radius 1 is 1.29 bits per heavy atom. The Hall–Kier alpha value is -2.38. The molecular weight excluding hydrogens is 360 g/mol. The molecule has 0 radical (unpaired) electrons. The van der Waals surface area contributed by atoms with Gasteiger partial charge in [0.25, 0.3) is 5.91 Å². The monoisotopic (exact) mass is 388 g/mol. The van der Waals surface area contributed by atoms with Gasteiger partial charge in [0.05, 0.1) is 13.2 Å². The van der Waals surface area contributed by atoms with E-state index in [1.165, 1.54) is 6.07 Å². The standard InChI is InChI=1S/C21H28N2O5/c1-14-13-19(24)28-20-15(2)18(6-5-17(14)20)27-16(3)21(25)22-7-4-8-23-9-11-26-12-10-23/h5-6,13,16H,4,7-12H2,1-3H3,(H,22,25)/t16-/m0/s1. The molecule has 1 aliphatic rings. The van der Waals surface area contributed by atoms with Crippen molar-refractivity contribution < 1.29 is 18.7 Å². The fourth-order valence-electron chi connectivity index (χ4n) is 3.35. The van der Waals surface area contributed by atoms with Gasteiger partial charge in [0.1, 0.15) is 11.3 Å². The topological polar surface area (TPSA) is 81.0 Å². The highest BCUT2D eigenvalue weighted by Crippen LogP contribution is 2.28. The molecule has 0 saturated carbocycles. The second-order valence-electron chi connectivity index (χ2n) is 7.17. The maximum Gasteiger partial charge on any atom is 0.336 e. The molecule has 1 aromatic carbocycles. The predicted molar refractivity (Wildman–Crippen MR) is 107 cm³/mol. The molecule has 0 unspecified atom stereocenters. The van der Waals surface area contributed by atoms with Crippen LogP contribution in [0, 0.1) is 13.8 Å². The molecule has 0 bridgehead atoms. The number of benzene rings is 1. The predicted octanol–water partition coefficient (Wildman–Crippen LogP) is 2.02. The number of nitrogens with one attached hydrogen (secondary N) is 1. The molecule has 1 saturated heterocycles. The van der Waals surface area contributed by atoms with Gasteiger partial charge in [0.2, 0.25) is 0 Å². The summed E-state index contributed by atoms with van der Waals surface area (Å²) in [6, 6.07) is 5.13.